The van der Waals surface area contributed by atoms with E-state index in [9.17, 15) is 9.18 Å². The summed E-state index contributed by atoms with van der Waals surface area (Å²) in [7, 11) is 0. The minimum absolute atomic E-state index is 0.0430. The minimum Gasteiger partial charge on any atom is -0.476 e. The number of allylic oxidation sites excluding steroid dienone is 2. The molecule has 1 aromatic rings. The van der Waals surface area contributed by atoms with Gasteiger partial charge in [-0.05, 0) is 37.6 Å². The molecule has 23 heavy (non-hydrogen) atoms. The lowest BCUT2D eigenvalue weighted by molar-refractivity contribution is -0.133. The van der Waals surface area contributed by atoms with Gasteiger partial charge >= 0.3 is 0 Å². The molecule has 3 heterocycles. The van der Waals surface area contributed by atoms with Crippen LogP contribution in [0.2, 0.25) is 5.28 Å². The Morgan fingerprint density at radius 3 is 3.04 bits per heavy atom. The average molecular weight is 338 g/mol. The number of aliphatic imine (C=N–C) groups is 1. The van der Waals surface area contributed by atoms with Gasteiger partial charge in [0.25, 0.3) is 0 Å². The van der Waals surface area contributed by atoms with Crippen LogP contribution in [0.1, 0.15) is 13.8 Å². The van der Waals surface area contributed by atoms with E-state index in [0.717, 1.165) is 6.20 Å². The normalized spacial score (nSPS) is 19.3. The highest BCUT2D eigenvalue weighted by atomic mass is 35.5. The summed E-state index contributed by atoms with van der Waals surface area (Å²) in [5.74, 6) is -0.202. The number of rotatable bonds is 2. The number of amidine groups is 1. The van der Waals surface area contributed by atoms with Gasteiger partial charge in [0.2, 0.25) is 5.28 Å². The Hall–Kier alpha value is -2.48. The number of nitrogens with one attached hydrogen (secondary N) is 1. The maximum absolute atomic E-state index is 13.8. The number of carbonyl (C=O) groups excluding carboxylic acids is 1. The molecule has 9 heteroatoms. The van der Waals surface area contributed by atoms with Gasteiger partial charge in [-0.1, -0.05) is 0 Å². The molecular formula is C14H13ClFN5O2. The Balaban J connectivity index is 1.90. The minimum atomic E-state index is -0.989. The van der Waals surface area contributed by atoms with Crippen molar-refractivity contribution >= 4 is 29.0 Å². The molecular weight excluding hydrogens is 325 g/mol. The lowest BCUT2D eigenvalue weighted by Crippen LogP contribution is -2.38. The molecule has 0 spiro atoms. The van der Waals surface area contributed by atoms with E-state index in [2.05, 4.69) is 20.4 Å². The molecule has 0 fully saturated rings. The third-order valence-corrected chi connectivity index (χ3v) is 3.46. The Kier molecular flexibility index (Phi) is 3.77. The van der Waals surface area contributed by atoms with Crippen molar-refractivity contribution in [2.24, 2.45) is 4.99 Å². The number of ketones is 1. The quantitative estimate of drug-likeness (QED) is 0.832. The molecule has 0 radical (unpaired) electrons. The zero-order valence-electron chi connectivity index (χ0n) is 12.4. The van der Waals surface area contributed by atoms with E-state index in [0.29, 0.717) is 11.6 Å². The number of carbonyl (C=O) groups is 1. The van der Waals surface area contributed by atoms with Gasteiger partial charge in [0.15, 0.2) is 34.6 Å². The van der Waals surface area contributed by atoms with Crippen LogP contribution in [0.25, 0.3) is 0 Å². The van der Waals surface area contributed by atoms with Crippen LogP contribution in [0.4, 0.5) is 10.2 Å². The second-order valence-electron chi connectivity index (χ2n) is 5.37. The van der Waals surface area contributed by atoms with Crippen LogP contribution in [-0.2, 0) is 9.53 Å². The van der Waals surface area contributed by atoms with E-state index in [4.69, 9.17) is 16.3 Å². The Morgan fingerprint density at radius 1 is 1.48 bits per heavy atom. The Bertz CT molecular complexity index is 760. The molecule has 0 saturated carbocycles. The molecule has 1 N–H and O–H groups in total. The van der Waals surface area contributed by atoms with Crippen molar-refractivity contribution in [1.29, 1.82) is 0 Å². The topological polar surface area (TPSA) is 79.7 Å². The molecule has 0 aliphatic carbocycles. The number of hydrazine groups is 1. The second-order valence-corrected chi connectivity index (χ2v) is 5.70. The zero-order valence-corrected chi connectivity index (χ0v) is 13.1. The van der Waals surface area contributed by atoms with Crippen LogP contribution >= 0.6 is 11.6 Å². The Morgan fingerprint density at radius 2 is 2.26 bits per heavy atom. The smallest absolute Gasteiger partial charge is 0.224 e. The van der Waals surface area contributed by atoms with Crippen molar-refractivity contribution < 1.29 is 13.9 Å². The van der Waals surface area contributed by atoms with Crippen molar-refractivity contribution in [3.63, 3.8) is 0 Å². The van der Waals surface area contributed by atoms with Gasteiger partial charge in [-0.3, -0.25) is 15.2 Å². The number of hydrogen-bond donors (Lipinski definition) is 1. The molecule has 0 unspecified atom stereocenters. The molecule has 7 nitrogen and oxygen atoms in total. The van der Waals surface area contributed by atoms with E-state index in [1.54, 1.807) is 32.2 Å². The SMILES string of the molecule is CC1(C)OC2=CC=CN(Nc3nc(Cl)ncc3F)C2=NCC1=O. The van der Waals surface area contributed by atoms with Crippen molar-refractivity contribution in [2.45, 2.75) is 19.4 Å². The fourth-order valence-corrected chi connectivity index (χ4v) is 2.14. The number of nitrogens with zero attached hydrogens (tertiary/aromatic N) is 4. The zero-order chi connectivity index (χ0) is 16.6. The monoisotopic (exact) mass is 337 g/mol. The summed E-state index contributed by atoms with van der Waals surface area (Å²) in [6, 6.07) is 0. The number of aromatic nitrogens is 2. The van der Waals surface area contributed by atoms with Crippen molar-refractivity contribution in [2.75, 3.05) is 12.0 Å². The number of anilines is 1. The molecule has 0 atom stereocenters. The van der Waals surface area contributed by atoms with Gasteiger partial charge in [-0.15, -0.1) is 0 Å². The fourth-order valence-electron chi connectivity index (χ4n) is 2.01. The van der Waals surface area contributed by atoms with Crippen LogP contribution in [0.15, 0.2) is 35.3 Å². The third kappa shape index (κ3) is 3.02. The first-order valence-electron chi connectivity index (χ1n) is 6.76. The molecule has 0 saturated heterocycles. The summed E-state index contributed by atoms with van der Waals surface area (Å²) >= 11 is 5.68. The maximum Gasteiger partial charge on any atom is 0.224 e. The Labute approximate surface area is 136 Å². The van der Waals surface area contributed by atoms with Crippen molar-refractivity contribution in [3.8, 4) is 0 Å². The maximum atomic E-state index is 13.8. The molecule has 1 aromatic heterocycles. The van der Waals surface area contributed by atoms with Gasteiger partial charge in [0.05, 0.1) is 6.20 Å². The fraction of sp³-hybridized carbons (Fsp3) is 0.286. The standard InChI is InChI=1S/C14H13ClFN5O2/c1-14(2)10(22)7-17-12-9(23-14)4-3-5-21(12)20-11-8(16)6-18-13(15)19-11/h3-6H,7H2,1-2H3,(H,18,19,20). The lowest BCUT2D eigenvalue weighted by Gasteiger charge is -2.29. The van der Waals surface area contributed by atoms with Gasteiger partial charge in [0.1, 0.15) is 6.54 Å². The highest BCUT2D eigenvalue weighted by Crippen LogP contribution is 2.25. The summed E-state index contributed by atoms with van der Waals surface area (Å²) < 4.78 is 19.5. The van der Waals surface area contributed by atoms with E-state index >= 15 is 0 Å². The molecule has 0 bridgehead atoms. The largest absolute Gasteiger partial charge is 0.476 e. The first-order chi connectivity index (χ1) is 10.9. The number of Topliss-reactive ketones (excluding diaryl/α,β-unsaturated/α-hetero) is 1. The van der Waals surface area contributed by atoms with Gasteiger partial charge in [-0.2, -0.15) is 4.98 Å². The van der Waals surface area contributed by atoms with Crippen molar-refractivity contribution in [1.82, 2.24) is 15.0 Å². The van der Waals surface area contributed by atoms with E-state index in [1.165, 1.54) is 5.01 Å². The summed E-state index contributed by atoms with van der Waals surface area (Å²) in [5, 5.41) is 1.31. The molecule has 120 valence electrons. The number of fused-ring (bicyclic) bond motifs is 1. The highest BCUT2D eigenvalue weighted by molar-refractivity contribution is 6.28. The molecule has 2 aliphatic rings. The van der Waals surface area contributed by atoms with Gasteiger partial charge < -0.3 is 4.74 Å². The number of halogens is 2. The van der Waals surface area contributed by atoms with E-state index < -0.39 is 11.4 Å². The van der Waals surface area contributed by atoms with Crippen LogP contribution in [0, 0.1) is 5.82 Å². The molecule has 3 rings (SSSR count). The van der Waals surface area contributed by atoms with Crippen LogP contribution in [0.5, 0.6) is 0 Å². The molecule has 2 aliphatic heterocycles. The number of hydrogen-bond acceptors (Lipinski definition) is 7. The second kappa shape index (κ2) is 5.62. The van der Waals surface area contributed by atoms with Gasteiger partial charge in [0, 0.05) is 6.20 Å². The third-order valence-electron chi connectivity index (χ3n) is 3.28. The number of ether oxygens (including phenoxy) is 1. The first kappa shape index (κ1) is 15.4. The predicted octanol–water partition coefficient (Wildman–Crippen LogP) is 2.09. The molecule has 0 aromatic carbocycles. The summed E-state index contributed by atoms with van der Waals surface area (Å²) in [6.45, 7) is 3.31. The van der Waals surface area contributed by atoms with Crippen LogP contribution < -0.4 is 5.43 Å². The summed E-state index contributed by atoms with van der Waals surface area (Å²) in [5.41, 5.74) is 1.74. The lowest BCUT2D eigenvalue weighted by atomic mass is 10.0. The first-order valence-corrected chi connectivity index (χ1v) is 7.14. The summed E-state index contributed by atoms with van der Waals surface area (Å²) in [6.07, 6.45) is 5.92. The average Bonchev–Trinajstić information content (AvgIpc) is 2.60. The predicted molar refractivity (Wildman–Crippen MR) is 82.2 cm³/mol. The van der Waals surface area contributed by atoms with Crippen molar-refractivity contribution in [3.05, 3.63) is 41.4 Å². The van der Waals surface area contributed by atoms with E-state index in [-0.39, 0.29) is 23.4 Å². The van der Waals surface area contributed by atoms with Crippen LogP contribution in [-0.4, -0.2) is 38.7 Å². The van der Waals surface area contributed by atoms with Gasteiger partial charge in [-0.25, -0.2) is 14.4 Å². The highest BCUT2D eigenvalue weighted by Gasteiger charge is 2.36. The van der Waals surface area contributed by atoms with E-state index in [1.807, 2.05) is 0 Å². The summed E-state index contributed by atoms with van der Waals surface area (Å²) in [4.78, 5) is 23.6. The molecule has 0 amide bonds. The van der Waals surface area contributed by atoms with Crippen LogP contribution in [0.3, 0.4) is 0 Å².